The number of allylic oxidation sites excluding steroid dienone is 2. The number of carboxylic acids is 1. The Morgan fingerprint density at radius 3 is 2.29 bits per heavy atom. The summed E-state index contributed by atoms with van der Waals surface area (Å²) in [5, 5.41) is 53.6. The number of nitrogens with one attached hydrogen (secondary N) is 1. The van der Waals surface area contributed by atoms with E-state index >= 15 is 0 Å². The van der Waals surface area contributed by atoms with Gasteiger partial charge in [-0.2, -0.15) is 0 Å². The van der Waals surface area contributed by atoms with E-state index in [0.29, 0.717) is 6.42 Å². The average Bonchev–Trinajstić information content (AvgIpc) is 3.46. The van der Waals surface area contributed by atoms with Crippen molar-refractivity contribution >= 4 is 23.6 Å². The van der Waals surface area contributed by atoms with Crippen LogP contribution in [0, 0.1) is 23.2 Å². The molecule has 42 heavy (non-hydrogen) atoms. The number of amides is 1. The second-order valence-corrected chi connectivity index (χ2v) is 11.5. The molecule has 11 nitrogen and oxygen atoms in total. The number of ketones is 1. The SMILES string of the molecule is C[C@H]1CC2CC1[C@@H](OC(=O)c1cc(O)c(C(=O)c3c(O)cccc3C(=O)O)c(O)c1)C2NC(=O)C1(C)C=CC(O)=CC1. The Kier molecular flexibility index (Phi) is 7.21. The van der Waals surface area contributed by atoms with Crippen LogP contribution in [0.15, 0.2) is 54.3 Å². The van der Waals surface area contributed by atoms with Crippen LogP contribution in [-0.4, -0.2) is 61.3 Å². The number of fused-ring (bicyclic) bond motifs is 2. The van der Waals surface area contributed by atoms with Gasteiger partial charge >= 0.3 is 11.9 Å². The lowest BCUT2D eigenvalue weighted by Gasteiger charge is -2.36. The summed E-state index contributed by atoms with van der Waals surface area (Å²) in [6, 6.07) is 4.79. The van der Waals surface area contributed by atoms with Gasteiger partial charge in [-0.15, -0.1) is 0 Å². The molecule has 0 aromatic heterocycles. The van der Waals surface area contributed by atoms with E-state index in [1.165, 1.54) is 12.1 Å². The Bertz CT molecular complexity index is 1540. The van der Waals surface area contributed by atoms with Crippen LogP contribution in [0.1, 0.15) is 69.7 Å². The van der Waals surface area contributed by atoms with Gasteiger partial charge in [-0.25, -0.2) is 9.59 Å². The molecule has 2 aromatic carbocycles. The lowest BCUT2D eigenvalue weighted by molar-refractivity contribution is -0.130. The summed E-state index contributed by atoms with van der Waals surface area (Å²) < 4.78 is 5.87. The molecule has 220 valence electrons. The normalized spacial score (nSPS) is 27.8. The second-order valence-electron chi connectivity index (χ2n) is 11.5. The highest BCUT2D eigenvalue weighted by Gasteiger charge is 2.54. The Balaban J connectivity index is 1.38. The van der Waals surface area contributed by atoms with Gasteiger partial charge in [-0.1, -0.05) is 19.1 Å². The van der Waals surface area contributed by atoms with Gasteiger partial charge in [0.05, 0.1) is 28.1 Å². The number of carbonyl (C=O) groups excluding carboxylic acids is 3. The lowest BCUT2D eigenvalue weighted by atomic mass is 9.80. The molecular weight excluding hydrogens is 546 g/mol. The number of aliphatic hydroxyl groups excluding tert-OH is 1. The topological polar surface area (TPSA) is 191 Å². The maximum absolute atomic E-state index is 13.3. The largest absolute Gasteiger partial charge is 0.508 e. The molecule has 5 rings (SSSR count). The fourth-order valence-electron chi connectivity index (χ4n) is 6.42. The number of ether oxygens (including phenoxy) is 1. The van der Waals surface area contributed by atoms with Gasteiger partial charge in [0.1, 0.15) is 34.7 Å². The molecule has 0 aliphatic heterocycles. The number of hydrogen-bond donors (Lipinski definition) is 6. The van der Waals surface area contributed by atoms with Crippen molar-refractivity contribution in [3.63, 3.8) is 0 Å². The number of carboxylic acid groups (broad SMARTS) is 1. The zero-order valence-electron chi connectivity index (χ0n) is 22.9. The minimum absolute atomic E-state index is 0.0264. The van der Waals surface area contributed by atoms with E-state index in [0.717, 1.165) is 37.1 Å². The smallest absolute Gasteiger partial charge is 0.338 e. The molecule has 3 aliphatic rings. The third-order valence-electron chi connectivity index (χ3n) is 8.74. The van der Waals surface area contributed by atoms with Crippen molar-refractivity contribution in [2.75, 3.05) is 0 Å². The molecule has 2 fully saturated rings. The Labute approximate surface area is 240 Å². The second kappa shape index (κ2) is 10.6. The summed E-state index contributed by atoms with van der Waals surface area (Å²) >= 11 is 0. The predicted octanol–water partition coefficient (Wildman–Crippen LogP) is 3.83. The highest BCUT2D eigenvalue weighted by atomic mass is 16.5. The standard InChI is InChI=1S/C31H31NO10/c1-14-10-15-11-19(14)27(25(15)32-30(41)31(2)8-6-17(33)7-9-31)42-29(40)16-12-21(35)24(22(36)13-16)26(37)23-18(28(38)39)4-3-5-20(23)34/h3-8,12-15,19,25,27,33-36H,9-11H2,1-2H3,(H,32,41)(H,38,39)/t14-,15?,19?,25?,27+,31?/m0/s1. The Morgan fingerprint density at radius 1 is 0.976 bits per heavy atom. The average molecular weight is 578 g/mol. The van der Waals surface area contributed by atoms with Gasteiger partial charge in [0.2, 0.25) is 11.7 Å². The highest BCUT2D eigenvalue weighted by molar-refractivity contribution is 6.18. The number of rotatable bonds is 7. The number of esters is 1. The van der Waals surface area contributed by atoms with Gasteiger partial charge in [0.15, 0.2) is 0 Å². The number of aromatic carboxylic acids is 1. The Hall–Kier alpha value is -4.80. The van der Waals surface area contributed by atoms with E-state index in [2.05, 4.69) is 5.32 Å². The number of phenols is 3. The molecule has 0 spiro atoms. The van der Waals surface area contributed by atoms with Crippen molar-refractivity contribution in [3.8, 4) is 17.2 Å². The maximum Gasteiger partial charge on any atom is 0.338 e. The Morgan fingerprint density at radius 2 is 1.67 bits per heavy atom. The van der Waals surface area contributed by atoms with Crippen molar-refractivity contribution in [1.82, 2.24) is 5.32 Å². The number of aliphatic hydroxyl groups is 1. The lowest BCUT2D eigenvalue weighted by Crippen LogP contribution is -2.53. The van der Waals surface area contributed by atoms with Crippen molar-refractivity contribution in [2.45, 2.75) is 45.3 Å². The van der Waals surface area contributed by atoms with Gasteiger partial charge < -0.3 is 35.6 Å². The van der Waals surface area contributed by atoms with Crippen LogP contribution in [0.4, 0.5) is 0 Å². The van der Waals surface area contributed by atoms with E-state index < -0.39 is 69.2 Å². The molecule has 1 amide bonds. The van der Waals surface area contributed by atoms with Crippen LogP contribution >= 0.6 is 0 Å². The molecule has 6 N–H and O–H groups in total. The van der Waals surface area contributed by atoms with Gasteiger partial charge in [-0.3, -0.25) is 9.59 Å². The van der Waals surface area contributed by atoms with Crippen LogP contribution in [0.5, 0.6) is 17.2 Å². The van der Waals surface area contributed by atoms with Crippen LogP contribution < -0.4 is 5.32 Å². The highest BCUT2D eigenvalue weighted by Crippen LogP contribution is 2.50. The van der Waals surface area contributed by atoms with Crippen molar-refractivity contribution in [3.05, 3.63) is 76.6 Å². The molecular formula is C31H31NO10. The zero-order valence-corrected chi connectivity index (χ0v) is 22.9. The van der Waals surface area contributed by atoms with Crippen LogP contribution in [0.2, 0.25) is 0 Å². The minimum atomic E-state index is -1.50. The predicted molar refractivity (Wildman–Crippen MR) is 147 cm³/mol. The summed E-state index contributed by atoms with van der Waals surface area (Å²) in [6.07, 6.45) is 5.89. The maximum atomic E-state index is 13.3. The van der Waals surface area contributed by atoms with E-state index in [1.807, 2.05) is 6.92 Å². The van der Waals surface area contributed by atoms with Gasteiger partial charge in [0, 0.05) is 5.92 Å². The third-order valence-corrected chi connectivity index (χ3v) is 8.74. The molecule has 2 bridgehead atoms. The van der Waals surface area contributed by atoms with Crippen molar-refractivity contribution in [2.24, 2.45) is 23.2 Å². The van der Waals surface area contributed by atoms with E-state index in [1.54, 1.807) is 19.1 Å². The molecule has 2 aromatic rings. The number of carbonyl (C=O) groups is 4. The van der Waals surface area contributed by atoms with E-state index in [-0.39, 0.29) is 35.0 Å². The molecule has 11 heteroatoms. The van der Waals surface area contributed by atoms with Gasteiger partial charge in [0.25, 0.3) is 0 Å². The summed E-state index contributed by atoms with van der Waals surface area (Å²) in [6.45, 7) is 3.80. The first kappa shape index (κ1) is 28.7. The first-order chi connectivity index (χ1) is 19.8. The summed E-state index contributed by atoms with van der Waals surface area (Å²) in [4.78, 5) is 51.2. The summed E-state index contributed by atoms with van der Waals surface area (Å²) in [5.41, 5.74) is -3.01. The number of phenolic OH excluding ortho intramolecular Hbond substituents is 3. The van der Waals surface area contributed by atoms with Crippen LogP contribution in [0.25, 0.3) is 0 Å². The molecule has 0 heterocycles. The molecule has 0 radical (unpaired) electrons. The number of hydrogen-bond acceptors (Lipinski definition) is 9. The zero-order chi connectivity index (χ0) is 30.5. The fourth-order valence-corrected chi connectivity index (χ4v) is 6.42. The fraction of sp³-hybridized carbons (Fsp3) is 0.355. The van der Waals surface area contributed by atoms with Crippen LogP contribution in [-0.2, 0) is 9.53 Å². The molecule has 4 unspecified atom stereocenters. The third kappa shape index (κ3) is 4.95. The molecule has 3 aliphatic carbocycles. The summed E-state index contributed by atoms with van der Waals surface area (Å²) in [5.74, 6) is -5.74. The first-order valence-corrected chi connectivity index (χ1v) is 13.6. The van der Waals surface area contributed by atoms with Crippen LogP contribution in [0.3, 0.4) is 0 Å². The monoisotopic (exact) mass is 577 g/mol. The van der Waals surface area contributed by atoms with E-state index in [4.69, 9.17) is 4.74 Å². The minimum Gasteiger partial charge on any atom is -0.508 e. The quantitative estimate of drug-likeness (QED) is 0.208. The number of benzene rings is 2. The summed E-state index contributed by atoms with van der Waals surface area (Å²) in [7, 11) is 0. The molecule has 0 saturated heterocycles. The van der Waals surface area contributed by atoms with Crippen molar-refractivity contribution < 1.29 is 49.4 Å². The van der Waals surface area contributed by atoms with Gasteiger partial charge in [-0.05, 0) is 74.4 Å². The first-order valence-electron chi connectivity index (χ1n) is 13.6. The molecule has 2 saturated carbocycles. The van der Waals surface area contributed by atoms with Crippen molar-refractivity contribution in [1.29, 1.82) is 0 Å². The number of aromatic hydroxyl groups is 3. The van der Waals surface area contributed by atoms with E-state index in [9.17, 15) is 44.7 Å². The molecule has 6 atom stereocenters.